The third kappa shape index (κ3) is 7.05. The molecule has 0 saturated heterocycles. The van der Waals surface area contributed by atoms with Crippen LogP contribution in [0.4, 0.5) is 22.7 Å². The molecular formula is C55H41N4OPtTe-3. The van der Waals surface area contributed by atoms with Crippen LogP contribution < -0.4 is 14.5 Å². The second kappa shape index (κ2) is 16.1. The maximum Gasteiger partial charge on any atom is 0 e. The molecule has 1 aliphatic rings. The third-order valence-electron chi connectivity index (χ3n) is 11.7. The van der Waals surface area contributed by atoms with Crippen LogP contribution in [0.3, 0.4) is 0 Å². The van der Waals surface area contributed by atoms with E-state index in [-0.39, 0.29) is 26.5 Å². The van der Waals surface area contributed by atoms with Gasteiger partial charge in [-0.05, 0) is 23.3 Å². The summed E-state index contributed by atoms with van der Waals surface area (Å²) in [6.07, 6.45) is 0. The molecule has 0 bridgehead atoms. The fourth-order valence-corrected chi connectivity index (χ4v) is 11.0. The van der Waals surface area contributed by atoms with Gasteiger partial charge in [-0.3, -0.25) is 0 Å². The molecule has 0 unspecified atom stereocenters. The Morgan fingerprint density at radius 2 is 1.27 bits per heavy atom. The van der Waals surface area contributed by atoms with E-state index in [4.69, 9.17) is 9.72 Å². The second-order valence-corrected chi connectivity index (χ2v) is 19.2. The number of ether oxygens (including phenoxy) is 1. The summed E-state index contributed by atoms with van der Waals surface area (Å²) in [5.41, 5.74) is 13.0. The third-order valence-corrected chi connectivity index (χ3v) is 14.0. The van der Waals surface area contributed by atoms with E-state index in [0.717, 1.165) is 78.2 Å². The van der Waals surface area contributed by atoms with Crippen molar-refractivity contribution in [2.24, 2.45) is 0 Å². The number of anilines is 4. The summed E-state index contributed by atoms with van der Waals surface area (Å²) >= 11 is -0.448. The number of aryl methyl sites for hydroxylation is 1. The quantitative estimate of drug-likeness (QED) is 0.118. The van der Waals surface area contributed by atoms with Crippen molar-refractivity contribution in [2.45, 2.75) is 33.1 Å². The van der Waals surface area contributed by atoms with Gasteiger partial charge in [0.2, 0.25) is 0 Å². The van der Waals surface area contributed by atoms with Gasteiger partial charge in [0, 0.05) is 49.3 Å². The van der Waals surface area contributed by atoms with Crippen LogP contribution in [0.15, 0.2) is 168 Å². The molecule has 0 radical (unpaired) electrons. The van der Waals surface area contributed by atoms with Gasteiger partial charge in [-0.1, -0.05) is 112 Å². The molecule has 4 heterocycles. The number of pyridine rings is 1. The van der Waals surface area contributed by atoms with E-state index >= 15 is 0 Å². The summed E-state index contributed by atoms with van der Waals surface area (Å²) in [4.78, 5) is 9.82. The molecule has 306 valence electrons. The van der Waals surface area contributed by atoms with Crippen molar-refractivity contribution in [3.63, 3.8) is 0 Å². The Bertz CT molecular complexity index is 3220. The van der Waals surface area contributed by atoms with E-state index in [1.165, 1.54) is 14.5 Å². The van der Waals surface area contributed by atoms with Crippen LogP contribution in [-0.2, 0) is 26.5 Å². The molecule has 0 N–H and O–H groups in total. The van der Waals surface area contributed by atoms with Gasteiger partial charge >= 0.3 is 194 Å². The fourth-order valence-electron chi connectivity index (χ4n) is 8.63. The Kier molecular flexibility index (Phi) is 10.4. The molecule has 0 spiro atoms. The van der Waals surface area contributed by atoms with E-state index in [1.54, 1.807) is 0 Å². The number of nitrogens with zero attached hydrogens (tertiary/aromatic N) is 4. The Labute approximate surface area is 386 Å². The molecule has 1 aliphatic heterocycles. The first kappa shape index (κ1) is 40.2. The molecule has 0 amide bonds. The van der Waals surface area contributed by atoms with Gasteiger partial charge in [-0.2, -0.15) is 0 Å². The van der Waals surface area contributed by atoms with Crippen LogP contribution in [-0.4, -0.2) is 30.0 Å². The predicted molar refractivity (Wildman–Crippen MR) is 253 cm³/mol. The molecule has 11 rings (SSSR count). The van der Waals surface area contributed by atoms with E-state index in [9.17, 15) is 0 Å². The Morgan fingerprint density at radius 3 is 1.98 bits per heavy atom. The van der Waals surface area contributed by atoms with Crippen molar-refractivity contribution >= 4 is 73.9 Å². The van der Waals surface area contributed by atoms with Crippen LogP contribution in [0.25, 0.3) is 58.8 Å². The zero-order valence-corrected chi connectivity index (χ0v) is 39.3. The zero-order chi connectivity index (χ0) is 41.2. The van der Waals surface area contributed by atoms with Crippen molar-refractivity contribution in [1.29, 1.82) is 0 Å². The van der Waals surface area contributed by atoms with Gasteiger partial charge in [0.15, 0.2) is 0 Å². The maximum atomic E-state index is 6.86. The van der Waals surface area contributed by atoms with E-state index in [2.05, 4.69) is 223 Å². The standard InChI is InChI=1S/C55H41N4OTe.Pt/c1-36-30-52(56-54-43(36)28-29-61-54)59-48-23-12-11-20-46(48)47-27-26-41(34-51(47)59)60-42-32-39(55(2,3)4)31-40(33-42)57-35-58(50-25-14-13-24-49(50)57)53-44(37-16-7-5-8-17-37)21-15-22-45(53)38-18-9-6-10-19-38;/h5-32,35H,1-4H3;/q-3;. The number of rotatable bonds is 7. The van der Waals surface area contributed by atoms with Gasteiger partial charge in [-0.15, -0.1) is 6.67 Å². The van der Waals surface area contributed by atoms with Crippen molar-refractivity contribution in [1.82, 2.24) is 9.55 Å². The number of fused-ring (bicyclic) bond motifs is 5. The largest absolute Gasteiger partial charge is 0 e. The molecule has 0 saturated carbocycles. The first-order valence-corrected chi connectivity index (χ1v) is 23.1. The van der Waals surface area contributed by atoms with Crippen LogP contribution in [0.1, 0.15) is 31.9 Å². The van der Waals surface area contributed by atoms with Crippen molar-refractivity contribution < 1.29 is 25.8 Å². The summed E-state index contributed by atoms with van der Waals surface area (Å²) in [6.45, 7) is 11.1. The molecule has 62 heavy (non-hydrogen) atoms. The Hall–Kier alpha value is -5.89. The van der Waals surface area contributed by atoms with Gasteiger partial charge < -0.3 is 4.90 Å². The predicted octanol–water partition coefficient (Wildman–Crippen LogP) is 14.1. The van der Waals surface area contributed by atoms with Crippen molar-refractivity contribution in [3.8, 4) is 39.6 Å². The summed E-state index contributed by atoms with van der Waals surface area (Å²) in [5, 5.41) is 3.55. The minimum absolute atomic E-state index is 0. The van der Waals surface area contributed by atoms with Gasteiger partial charge in [0.1, 0.15) is 0 Å². The van der Waals surface area contributed by atoms with Crippen LogP contribution in [0, 0.1) is 25.7 Å². The van der Waals surface area contributed by atoms with E-state index in [1.807, 2.05) is 6.07 Å². The van der Waals surface area contributed by atoms with Crippen LogP contribution >= 0.6 is 0 Å². The number of hydrogen-bond acceptors (Lipinski definition) is 4. The molecular weight excluding hydrogens is 1060 g/mol. The average Bonchev–Trinajstić information content (AvgIpc) is 4.01. The molecule has 7 aromatic carbocycles. The Balaban J connectivity index is 0.00000458. The summed E-state index contributed by atoms with van der Waals surface area (Å²) < 4.78 is 12.7. The number of hydrogen-bond donors (Lipinski definition) is 0. The maximum absolute atomic E-state index is 6.86. The first-order valence-electron chi connectivity index (χ1n) is 20.6. The van der Waals surface area contributed by atoms with Crippen LogP contribution in [0.2, 0.25) is 0 Å². The SMILES string of the molecule is Cc1cc(-n2c3[c-]c(Oc4[c-]c(N5[CH-]N(c6c(-c7ccccc7)cccc6-c6ccccc6)c6ccccc65)cc(C(C)(C)C)c4)ccc3c3ccccc32)nc2[te]ccc12.[Pt]. The van der Waals surface area contributed by atoms with Gasteiger partial charge in [0.25, 0.3) is 0 Å². The zero-order valence-electron chi connectivity index (χ0n) is 34.7. The number of para-hydroxylation sites is 4. The van der Waals surface area contributed by atoms with Crippen molar-refractivity contribution in [2.75, 3.05) is 9.80 Å². The molecule has 10 aromatic rings. The normalized spacial score (nSPS) is 12.6. The van der Waals surface area contributed by atoms with Gasteiger partial charge in [-0.25, -0.2) is 0 Å². The first-order chi connectivity index (χ1) is 29.8. The minimum Gasteiger partial charge on any atom is 0 e. The topological polar surface area (TPSA) is 33.5 Å². The van der Waals surface area contributed by atoms with Crippen LogP contribution in [0.5, 0.6) is 11.5 Å². The smallest absolute Gasteiger partial charge is 0 e. The summed E-state index contributed by atoms with van der Waals surface area (Å²) in [6, 6.07) is 65.5. The monoisotopic (exact) mass is 1100 g/mol. The average molecular weight is 1100 g/mol. The molecule has 5 nitrogen and oxygen atoms in total. The fraction of sp³-hybridized carbons (Fsp3) is 0.0909. The molecule has 0 aliphatic carbocycles. The number of benzene rings is 7. The van der Waals surface area contributed by atoms with E-state index in [0.29, 0.717) is 11.5 Å². The minimum atomic E-state index is -0.448. The van der Waals surface area contributed by atoms with Gasteiger partial charge in [0.05, 0.1) is 0 Å². The van der Waals surface area contributed by atoms with E-state index < -0.39 is 20.4 Å². The number of aromatic nitrogens is 2. The van der Waals surface area contributed by atoms with Crippen molar-refractivity contribution in [3.05, 3.63) is 198 Å². The summed E-state index contributed by atoms with van der Waals surface area (Å²) in [7, 11) is 0. The summed E-state index contributed by atoms with van der Waals surface area (Å²) in [5.74, 6) is 2.17. The molecule has 3 aromatic heterocycles. The molecule has 0 atom stereocenters. The molecule has 0 fully saturated rings. The Morgan fingerprint density at radius 1 is 0.613 bits per heavy atom. The molecule has 7 heteroatoms. The second-order valence-electron chi connectivity index (χ2n) is 16.6.